The number of hydrogen-bond donors (Lipinski definition) is 2. The lowest BCUT2D eigenvalue weighted by Gasteiger charge is -2.17. The second kappa shape index (κ2) is 10.0. The highest BCUT2D eigenvalue weighted by molar-refractivity contribution is 6.00. The van der Waals surface area contributed by atoms with E-state index in [2.05, 4.69) is 10.6 Å². The fourth-order valence-electron chi connectivity index (χ4n) is 3.64. The second-order valence-electron chi connectivity index (χ2n) is 7.85. The fraction of sp³-hybridized carbons (Fsp3) is 0.240. The molecule has 4 rings (SSSR count). The first-order valence-electron chi connectivity index (χ1n) is 10.7. The predicted molar refractivity (Wildman–Crippen MR) is 123 cm³/mol. The minimum absolute atomic E-state index is 0.112. The van der Waals surface area contributed by atoms with Crippen LogP contribution in [0.1, 0.15) is 17.7 Å². The molecule has 1 aliphatic rings. The molecule has 0 aliphatic carbocycles. The third kappa shape index (κ3) is 5.60. The third-order valence-corrected chi connectivity index (χ3v) is 5.45. The number of nitrogens with one attached hydrogen (secondary N) is 2. The first-order chi connectivity index (χ1) is 16.0. The van der Waals surface area contributed by atoms with Gasteiger partial charge in [0.05, 0.1) is 18.7 Å². The summed E-state index contributed by atoms with van der Waals surface area (Å²) >= 11 is 0. The Morgan fingerprint density at radius 1 is 1.09 bits per heavy atom. The standard InChI is InChI=1S/C25H25N3O5/c1-17-5-2-3-7-22(17)27-23(29)16-33-20-10-8-19(9-11-20)28-15-18(13-24(28)30)25(31)26-14-21-6-4-12-32-21/h2-12,18H,13-16H2,1H3,(H,26,31)(H,27,29). The van der Waals surface area contributed by atoms with Crippen LogP contribution in [0.4, 0.5) is 11.4 Å². The van der Waals surface area contributed by atoms with Crippen molar-refractivity contribution in [2.24, 2.45) is 5.92 Å². The van der Waals surface area contributed by atoms with Gasteiger partial charge >= 0.3 is 0 Å². The molecule has 8 nitrogen and oxygen atoms in total. The number of rotatable bonds is 8. The Kier molecular flexibility index (Phi) is 6.73. The van der Waals surface area contributed by atoms with Crippen LogP contribution in [0, 0.1) is 12.8 Å². The normalized spacial score (nSPS) is 15.4. The van der Waals surface area contributed by atoms with Crippen molar-refractivity contribution in [2.75, 3.05) is 23.4 Å². The van der Waals surface area contributed by atoms with Crippen molar-refractivity contribution in [2.45, 2.75) is 19.9 Å². The number of nitrogens with zero attached hydrogens (tertiary/aromatic N) is 1. The molecule has 2 heterocycles. The highest BCUT2D eigenvalue weighted by Gasteiger charge is 2.35. The molecule has 1 aliphatic heterocycles. The van der Waals surface area contributed by atoms with Crippen LogP contribution in [0.25, 0.3) is 0 Å². The number of benzene rings is 2. The maximum absolute atomic E-state index is 12.5. The molecule has 3 aromatic rings. The van der Waals surface area contributed by atoms with Gasteiger partial charge in [0.15, 0.2) is 6.61 Å². The molecule has 0 bridgehead atoms. The minimum atomic E-state index is -0.423. The van der Waals surface area contributed by atoms with Crippen LogP contribution >= 0.6 is 0 Å². The predicted octanol–water partition coefficient (Wildman–Crippen LogP) is 3.27. The van der Waals surface area contributed by atoms with Gasteiger partial charge < -0.3 is 24.7 Å². The first-order valence-corrected chi connectivity index (χ1v) is 10.7. The molecule has 8 heteroatoms. The smallest absolute Gasteiger partial charge is 0.262 e. The van der Waals surface area contributed by atoms with Crippen LogP contribution in [0.5, 0.6) is 5.75 Å². The summed E-state index contributed by atoms with van der Waals surface area (Å²) in [5.74, 6) is 0.201. The van der Waals surface area contributed by atoms with E-state index >= 15 is 0 Å². The summed E-state index contributed by atoms with van der Waals surface area (Å²) in [5.41, 5.74) is 2.40. The molecule has 33 heavy (non-hydrogen) atoms. The molecule has 170 valence electrons. The average molecular weight is 447 g/mol. The van der Waals surface area contributed by atoms with E-state index in [0.717, 1.165) is 11.3 Å². The number of furan rings is 1. The molecule has 0 saturated carbocycles. The highest BCUT2D eigenvalue weighted by Crippen LogP contribution is 2.27. The SMILES string of the molecule is Cc1ccccc1NC(=O)COc1ccc(N2CC(C(=O)NCc3ccco3)CC2=O)cc1. The third-order valence-electron chi connectivity index (χ3n) is 5.45. The summed E-state index contributed by atoms with van der Waals surface area (Å²) in [6.07, 6.45) is 1.70. The summed E-state index contributed by atoms with van der Waals surface area (Å²) in [6, 6.07) is 17.9. The Morgan fingerprint density at radius 2 is 1.88 bits per heavy atom. The molecule has 1 saturated heterocycles. The fourth-order valence-corrected chi connectivity index (χ4v) is 3.64. The number of amides is 3. The molecule has 1 atom stereocenters. The molecular formula is C25H25N3O5. The largest absolute Gasteiger partial charge is 0.484 e. The molecule has 0 radical (unpaired) electrons. The monoisotopic (exact) mass is 447 g/mol. The molecule has 1 unspecified atom stereocenters. The lowest BCUT2D eigenvalue weighted by molar-refractivity contribution is -0.126. The van der Waals surface area contributed by atoms with Gasteiger partial charge in [-0.1, -0.05) is 18.2 Å². The summed E-state index contributed by atoms with van der Waals surface area (Å²) in [4.78, 5) is 38.6. The van der Waals surface area contributed by atoms with Crippen LogP contribution in [-0.2, 0) is 20.9 Å². The van der Waals surface area contributed by atoms with Crippen LogP contribution in [-0.4, -0.2) is 30.9 Å². The Hall–Kier alpha value is -4.07. The van der Waals surface area contributed by atoms with Crippen molar-refractivity contribution < 1.29 is 23.5 Å². The van der Waals surface area contributed by atoms with E-state index in [0.29, 0.717) is 30.3 Å². The number of para-hydroxylation sites is 1. The number of aryl methyl sites for hydroxylation is 1. The highest BCUT2D eigenvalue weighted by atomic mass is 16.5. The van der Waals surface area contributed by atoms with E-state index in [1.165, 1.54) is 0 Å². The van der Waals surface area contributed by atoms with Gasteiger partial charge in [-0.15, -0.1) is 0 Å². The minimum Gasteiger partial charge on any atom is -0.484 e. The average Bonchev–Trinajstić information content (AvgIpc) is 3.48. The van der Waals surface area contributed by atoms with E-state index in [-0.39, 0.29) is 30.7 Å². The molecule has 3 amide bonds. The lowest BCUT2D eigenvalue weighted by atomic mass is 10.1. The molecule has 2 N–H and O–H groups in total. The van der Waals surface area contributed by atoms with Gasteiger partial charge in [-0.25, -0.2) is 0 Å². The number of anilines is 2. The van der Waals surface area contributed by atoms with Crippen molar-refractivity contribution in [3.8, 4) is 5.75 Å². The maximum atomic E-state index is 12.5. The van der Waals surface area contributed by atoms with Crippen molar-refractivity contribution in [1.29, 1.82) is 0 Å². The summed E-state index contributed by atoms with van der Waals surface area (Å²) in [6.45, 7) is 2.39. The van der Waals surface area contributed by atoms with Gasteiger partial charge in [-0.05, 0) is 55.0 Å². The van der Waals surface area contributed by atoms with Crippen LogP contribution in [0.3, 0.4) is 0 Å². The Balaban J connectivity index is 1.27. The maximum Gasteiger partial charge on any atom is 0.262 e. The van der Waals surface area contributed by atoms with Crippen LogP contribution in [0.15, 0.2) is 71.3 Å². The molecule has 1 fully saturated rings. The summed E-state index contributed by atoms with van der Waals surface area (Å²) in [5, 5.41) is 5.62. The Bertz CT molecular complexity index is 1130. The van der Waals surface area contributed by atoms with Crippen molar-refractivity contribution in [3.05, 3.63) is 78.3 Å². The number of carbonyl (C=O) groups excluding carboxylic acids is 3. The zero-order valence-corrected chi connectivity index (χ0v) is 18.2. The van der Waals surface area contributed by atoms with E-state index in [4.69, 9.17) is 9.15 Å². The van der Waals surface area contributed by atoms with Crippen molar-refractivity contribution in [1.82, 2.24) is 5.32 Å². The van der Waals surface area contributed by atoms with Gasteiger partial charge in [0, 0.05) is 24.3 Å². The molecule has 0 spiro atoms. The Labute approximate surface area is 191 Å². The topological polar surface area (TPSA) is 101 Å². The summed E-state index contributed by atoms with van der Waals surface area (Å²) < 4.78 is 10.8. The Morgan fingerprint density at radius 3 is 2.61 bits per heavy atom. The first kappa shape index (κ1) is 22.1. The zero-order chi connectivity index (χ0) is 23.2. The van der Waals surface area contributed by atoms with E-state index < -0.39 is 5.92 Å². The van der Waals surface area contributed by atoms with E-state index in [1.54, 1.807) is 47.6 Å². The second-order valence-corrected chi connectivity index (χ2v) is 7.85. The van der Waals surface area contributed by atoms with E-state index in [1.807, 2.05) is 31.2 Å². The van der Waals surface area contributed by atoms with Gasteiger partial charge in [-0.2, -0.15) is 0 Å². The van der Waals surface area contributed by atoms with Crippen LogP contribution in [0.2, 0.25) is 0 Å². The van der Waals surface area contributed by atoms with Crippen molar-refractivity contribution >= 4 is 29.1 Å². The van der Waals surface area contributed by atoms with Gasteiger partial charge in [-0.3, -0.25) is 14.4 Å². The molecule has 1 aromatic heterocycles. The number of hydrogen-bond acceptors (Lipinski definition) is 5. The summed E-state index contributed by atoms with van der Waals surface area (Å²) in [7, 11) is 0. The van der Waals surface area contributed by atoms with E-state index in [9.17, 15) is 14.4 Å². The van der Waals surface area contributed by atoms with Gasteiger partial charge in [0.1, 0.15) is 11.5 Å². The van der Waals surface area contributed by atoms with Crippen LogP contribution < -0.4 is 20.3 Å². The van der Waals surface area contributed by atoms with Crippen molar-refractivity contribution in [3.63, 3.8) is 0 Å². The van der Waals surface area contributed by atoms with Gasteiger partial charge in [0.2, 0.25) is 11.8 Å². The van der Waals surface area contributed by atoms with Gasteiger partial charge in [0.25, 0.3) is 5.91 Å². The number of ether oxygens (including phenoxy) is 1. The number of carbonyl (C=O) groups is 3. The zero-order valence-electron chi connectivity index (χ0n) is 18.2. The molecular weight excluding hydrogens is 422 g/mol. The molecule has 2 aromatic carbocycles. The lowest BCUT2D eigenvalue weighted by Crippen LogP contribution is -2.32. The quantitative estimate of drug-likeness (QED) is 0.552.